The number of hydrazine groups is 1. The third-order valence-electron chi connectivity index (χ3n) is 4.95. The van der Waals surface area contributed by atoms with E-state index in [4.69, 9.17) is 16.3 Å². The molecule has 1 aromatic heterocycles. The molecule has 1 aliphatic rings. The predicted molar refractivity (Wildman–Crippen MR) is 85.4 cm³/mol. The number of aryl methyl sites for hydroxylation is 1. The van der Waals surface area contributed by atoms with Gasteiger partial charge in [0.2, 0.25) is 0 Å². The first kappa shape index (κ1) is 16.2. The van der Waals surface area contributed by atoms with Crippen LogP contribution in [0.5, 0.6) is 0 Å². The van der Waals surface area contributed by atoms with E-state index in [1.807, 2.05) is 13.0 Å². The van der Waals surface area contributed by atoms with Gasteiger partial charge in [-0.25, -0.2) is 10.4 Å². The Bertz CT molecular complexity index is 491. The quantitative estimate of drug-likeness (QED) is 0.586. The Morgan fingerprint density at radius 2 is 1.90 bits per heavy atom. The summed E-state index contributed by atoms with van der Waals surface area (Å²) in [4.78, 5) is 4.26. The highest BCUT2D eigenvalue weighted by molar-refractivity contribution is 5.44. The lowest BCUT2D eigenvalue weighted by atomic mass is 9.67. The first-order valence-corrected chi connectivity index (χ1v) is 7.57. The number of methoxy groups -OCH3 is 1. The van der Waals surface area contributed by atoms with E-state index in [0.29, 0.717) is 11.2 Å². The van der Waals surface area contributed by atoms with Crippen LogP contribution >= 0.6 is 0 Å². The average molecular weight is 292 g/mol. The number of nitrogens with zero attached hydrogens (tertiary/aromatic N) is 1. The number of nitrogens with one attached hydrogen (secondary N) is 1. The summed E-state index contributed by atoms with van der Waals surface area (Å²) in [5, 5.41) is 0. The summed E-state index contributed by atoms with van der Waals surface area (Å²) >= 11 is 0. The van der Waals surface area contributed by atoms with Gasteiger partial charge in [0, 0.05) is 18.9 Å². The molecule has 2 rings (SSSR count). The number of ether oxygens (including phenoxy) is 1. The smallest absolute Gasteiger partial charge is 0.128 e. The molecule has 1 fully saturated rings. The van der Waals surface area contributed by atoms with Crippen LogP contribution in [0.3, 0.4) is 0 Å². The van der Waals surface area contributed by atoms with Crippen LogP contribution in [0.15, 0.2) is 12.3 Å². The number of rotatable bonds is 4. The van der Waals surface area contributed by atoms with Gasteiger partial charge in [-0.05, 0) is 49.7 Å². The molecule has 5 N–H and O–H groups in total. The fourth-order valence-electron chi connectivity index (χ4n) is 3.32. The molecular weight excluding hydrogens is 264 g/mol. The van der Waals surface area contributed by atoms with E-state index >= 15 is 0 Å². The lowest BCUT2D eigenvalue weighted by Crippen LogP contribution is -2.51. The molecule has 0 amide bonds. The number of aromatic nitrogens is 1. The summed E-state index contributed by atoms with van der Waals surface area (Å²) in [6, 6.07) is 1.90. The Balaban J connectivity index is 2.36. The van der Waals surface area contributed by atoms with Crippen molar-refractivity contribution in [3.63, 3.8) is 0 Å². The van der Waals surface area contributed by atoms with Gasteiger partial charge >= 0.3 is 0 Å². The zero-order chi connectivity index (χ0) is 15.7. The Kier molecular flexibility index (Phi) is 4.56. The predicted octanol–water partition coefficient (Wildman–Crippen LogP) is 2.46. The van der Waals surface area contributed by atoms with Crippen molar-refractivity contribution in [2.24, 2.45) is 11.3 Å². The highest BCUT2D eigenvalue weighted by Crippen LogP contribution is 2.47. The third kappa shape index (κ3) is 3.20. The molecule has 1 atom stereocenters. The molecule has 5 heteroatoms. The van der Waals surface area contributed by atoms with Crippen molar-refractivity contribution in [1.82, 2.24) is 10.4 Å². The molecule has 1 unspecified atom stereocenters. The van der Waals surface area contributed by atoms with Crippen LogP contribution in [0.4, 0.5) is 5.82 Å². The molecule has 0 spiro atoms. The summed E-state index contributed by atoms with van der Waals surface area (Å²) in [5.74, 6) is 6.39. The fourth-order valence-corrected chi connectivity index (χ4v) is 3.32. The topological polar surface area (TPSA) is 86.2 Å². The summed E-state index contributed by atoms with van der Waals surface area (Å²) < 4.78 is 5.95. The van der Waals surface area contributed by atoms with Crippen molar-refractivity contribution < 1.29 is 4.74 Å². The van der Waals surface area contributed by atoms with Crippen molar-refractivity contribution in [2.45, 2.75) is 58.1 Å². The molecule has 0 radical (unpaired) electrons. The maximum Gasteiger partial charge on any atom is 0.128 e. The van der Waals surface area contributed by atoms with Gasteiger partial charge in [-0.1, -0.05) is 13.8 Å². The Morgan fingerprint density at radius 3 is 2.43 bits per heavy atom. The van der Waals surface area contributed by atoms with Crippen LogP contribution in [0.25, 0.3) is 0 Å². The average Bonchev–Trinajstić information content (AvgIpc) is 2.45. The van der Waals surface area contributed by atoms with Crippen molar-refractivity contribution in [3.8, 4) is 0 Å². The van der Waals surface area contributed by atoms with E-state index in [0.717, 1.165) is 36.8 Å². The van der Waals surface area contributed by atoms with E-state index in [-0.39, 0.29) is 11.6 Å². The lowest BCUT2D eigenvalue weighted by molar-refractivity contribution is -0.0876. The second kappa shape index (κ2) is 5.91. The zero-order valence-corrected chi connectivity index (χ0v) is 13.6. The SMILES string of the molecule is COC1(C(NN)c2cc(C)cnc2N)CCC(C)(C)CC1. The second-order valence-corrected chi connectivity index (χ2v) is 7.02. The van der Waals surface area contributed by atoms with Gasteiger partial charge < -0.3 is 10.5 Å². The number of nitrogens with two attached hydrogens (primary N) is 2. The molecular formula is C16H28N4O. The monoisotopic (exact) mass is 292 g/mol. The molecule has 118 valence electrons. The highest BCUT2D eigenvalue weighted by atomic mass is 16.5. The van der Waals surface area contributed by atoms with Crippen molar-refractivity contribution in [3.05, 3.63) is 23.4 Å². The van der Waals surface area contributed by atoms with Gasteiger partial charge in [0.15, 0.2) is 0 Å². The van der Waals surface area contributed by atoms with E-state index in [1.54, 1.807) is 13.3 Å². The number of hydrogen-bond donors (Lipinski definition) is 3. The molecule has 0 aromatic carbocycles. The van der Waals surface area contributed by atoms with Crippen LogP contribution in [0.1, 0.15) is 56.7 Å². The normalized spacial score (nSPS) is 22.0. The Labute approximate surface area is 127 Å². The van der Waals surface area contributed by atoms with Crippen LogP contribution in [0.2, 0.25) is 0 Å². The summed E-state index contributed by atoms with van der Waals surface area (Å²) in [5.41, 5.74) is 11.0. The minimum absolute atomic E-state index is 0.147. The second-order valence-electron chi connectivity index (χ2n) is 7.02. The van der Waals surface area contributed by atoms with Gasteiger partial charge in [-0.3, -0.25) is 5.84 Å². The molecule has 1 aliphatic carbocycles. The van der Waals surface area contributed by atoms with Crippen LogP contribution < -0.4 is 17.0 Å². The van der Waals surface area contributed by atoms with Gasteiger partial charge in [-0.2, -0.15) is 0 Å². The highest BCUT2D eigenvalue weighted by Gasteiger charge is 2.45. The maximum absolute atomic E-state index is 6.08. The molecule has 0 bridgehead atoms. The third-order valence-corrected chi connectivity index (χ3v) is 4.95. The molecule has 1 saturated carbocycles. The van der Waals surface area contributed by atoms with E-state index in [2.05, 4.69) is 24.3 Å². The van der Waals surface area contributed by atoms with E-state index in [9.17, 15) is 0 Å². The summed E-state index contributed by atoms with van der Waals surface area (Å²) in [6.07, 6.45) is 5.91. The molecule has 5 nitrogen and oxygen atoms in total. The minimum atomic E-state index is -0.326. The summed E-state index contributed by atoms with van der Waals surface area (Å²) in [6.45, 7) is 6.62. The maximum atomic E-state index is 6.08. The largest absolute Gasteiger partial charge is 0.383 e. The van der Waals surface area contributed by atoms with Gasteiger partial charge in [0.25, 0.3) is 0 Å². The minimum Gasteiger partial charge on any atom is -0.383 e. The van der Waals surface area contributed by atoms with Gasteiger partial charge in [-0.15, -0.1) is 0 Å². The standard InChI is InChI=1S/C16H28N4O/c1-11-9-12(14(17)19-10-11)13(20-18)16(21-4)7-5-15(2,3)6-8-16/h9-10,13,20H,5-8,18H2,1-4H3,(H2,17,19). The van der Waals surface area contributed by atoms with Crippen molar-refractivity contribution >= 4 is 5.82 Å². The van der Waals surface area contributed by atoms with Crippen LogP contribution in [-0.4, -0.2) is 17.7 Å². The number of hydrogen-bond acceptors (Lipinski definition) is 5. The van der Waals surface area contributed by atoms with Gasteiger partial charge in [0.05, 0.1) is 11.6 Å². The first-order valence-electron chi connectivity index (χ1n) is 7.57. The first-order chi connectivity index (χ1) is 9.83. The van der Waals surface area contributed by atoms with Crippen molar-refractivity contribution in [2.75, 3.05) is 12.8 Å². The molecule has 0 saturated heterocycles. The van der Waals surface area contributed by atoms with Crippen molar-refractivity contribution in [1.29, 1.82) is 0 Å². The molecule has 1 heterocycles. The number of anilines is 1. The number of nitrogen functional groups attached to an aromatic ring is 1. The number of pyridine rings is 1. The Hall–Kier alpha value is -1.17. The molecule has 21 heavy (non-hydrogen) atoms. The molecule has 0 aliphatic heterocycles. The van der Waals surface area contributed by atoms with Crippen LogP contribution in [-0.2, 0) is 4.74 Å². The Morgan fingerprint density at radius 1 is 1.29 bits per heavy atom. The van der Waals surface area contributed by atoms with Crippen LogP contribution in [0, 0.1) is 12.3 Å². The fraction of sp³-hybridized carbons (Fsp3) is 0.688. The van der Waals surface area contributed by atoms with Gasteiger partial charge in [0.1, 0.15) is 5.82 Å². The lowest BCUT2D eigenvalue weighted by Gasteiger charge is -2.47. The van der Waals surface area contributed by atoms with E-state index in [1.165, 1.54) is 0 Å². The van der Waals surface area contributed by atoms with E-state index < -0.39 is 0 Å². The zero-order valence-electron chi connectivity index (χ0n) is 13.6. The summed E-state index contributed by atoms with van der Waals surface area (Å²) in [7, 11) is 1.77. The molecule has 1 aromatic rings.